The van der Waals surface area contributed by atoms with Crippen LogP contribution in [0, 0.1) is 5.92 Å². The van der Waals surface area contributed by atoms with Gasteiger partial charge in [0.05, 0.1) is 18.1 Å². The topological polar surface area (TPSA) is 77.0 Å². The van der Waals surface area contributed by atoms with E-state index in [4.69, 9.17) is 4.42 Å². The molecule has 1 amide bonds. The summed E-state index contributed by atoms with van der Waals surface area (Å²) in [6.07, 6.45) is 8.32. The Bertz CT molecular complexity index is 1220. The number of carbonyl (C=O) groups excluding carboxylic acids is 1. The number of amides is 1. The Kier molecular flexibility index (Phi) is 7.28. The third kappa shape index (κ3) is 5.65. The van der Waals surface area contributed by atoms with E-state index in [-0.39, 0.29) is 11.2 Å². The van der Waals surface area contributed by atoms with Gasteiger partial charge < -0.3 is 9.32 Å². The molecule has 8 heteroatoms. The second kappa shape index (κ2) is 10.9. The third-order valence-electron chi connectivity index (χ3n) is 6.45. The molecule has 1 aromatic carbocycles. The van der Waals surface area contributed by atoms with Crippen molar-refractivity contribution in [1.82, 2.24) is 24.6 Å². The molecule has 1 aliphatic rings. The van der Waals surface area contributed by atoms with Crippen LogP contribution in [0.4, 0.5) is 0 Å². The van der Waals surface area contributed by atoms with Crippen molar-refractivity contribution in [3.05, 3.63) is 84.6 Å². The van der Waals surface area contributed by atoms with Gasteiger partial charge in [-0.1, -0.05) is 42.1 Å². The van der Waals surface area contributed by atoms with Crippen LogP contribution < -0.4 is 0 Å². The van der Waals surface area contributed by atoms with E-state index in [0.29, 0.717) is 23.4 Å². The molecular formula is C27H29N5O2S. The molecule has 4 aromatic rings. The van der Waals surface area contributed by atoms with Crippen molar-refractivity contribution in [2.45, 2.75) is 43.1 Å². The number of thioether (sulfide) groups is 1. The number of furan rings is 1. The Balaban J connectivity index is 1.25. The van der Waals surface area contributed by atoms with Crippen LogP contribution in [0.15, 0.2) is 82.8 Å². The molecular weight excluding hydrogens is 458 g/mol. The van der Waals surface area contributed by atoms with Gasteiger partial charge in [0.15, 0.2) is 11.0 Å². The lowest BCUT2D eigenvalue weighted by Crippen LogP contribution is -2.42. The van der Waals surface area contributed by atoms with E-state index in [1.54, 1.807) is 18.7 Å². The van der Waals surface area contributed by atoms with Crippen LogP contribution in [0.3, 0.4) is 0 Å². The summed E-state index contributed by atoms with van der Waals surface area (Å²) >= 11 is 1.45. The molecule has 0 bridgehead atoms. The second-order valence-corrected chi connectivity index (χ2v) is 10.2. The van der Waals surface area contributed by atoms with Gasteiger partial charge in [-0.05, 0) is 61.9 Å². The lowest BCUT2D eigenvalue weighted by molar-refractivity contribution is -0.131. The van der Waals surface area contributed by atoms with Crippen molar-refractivity contribution < 1.29 is 9.21 Å². The highest BCUT2D eigenvalue weighted by Crippen LogP contribution is 2.30. The Labute approximate surface area is 209 Å². The standard InChI is InChI=1S/C27H29N5O2S/c1-20(26(33)31-14-11-22(12-15-31)17-21-7-3-2-4-8-21)35-27-30-29-25(23-9-5-13-28-18-23)32(27)19-24-10-6-16-34-24/h2-10,13,16,18,20,22H,11-12,14-15,17,19H2,1H3. The number of rotatable bonds is 8. The molecule has 4 heterocycles. The smallest absolute Gasteiger partial charge is 0.235 e. The van der Waals surface area contributed by atoms with Crippen molar-refractivity contribution in [3.63, 3.8) is 0 Å². The first-order chi connectivity index (χ1) is 17.2. The molecule has 35 heavy (non-hydrogen) atoms. The minimum atomic E-state index is -0.262. The number of nitrogens with zero attached hydrogens (tertiary/aromatic N) is 5. The first-order valence-corrected chi connectivity index (χ1v) is 12.9. The number of benzene rings is 1. The fourth-order valence-electron chi connectivity index (χ4n) is 4.56. The van der Waals surface area contributed by atoms with Gasteiger partial charge in [0.1, 0.15) is 5.76 Å². The molecule has 0 aliphatic carbocycles. The Morgan fingerprint density at radius 3 is 2.63 bits per heavy atom. The number of carbonyl (C=O) groups is 1. The zero-order valence-corrected chi connectivity index (χ0v) is 20.6. The highest BCUT2D eigenvalue weighted by atomic mass is 32.2. The van der Waals surface area contributed by atoms with Crippen LogP contribution in [-0.2, 0) is 17.8 Å². The fraction of sp³-hybridized carbons (Fsp3) is 0.333. The van der Waals surface area contributed by atoms with Crippen LogP contribution in [0.1, 0.15) is 31.1 Å². The number of pyridine rings is 1. The lowest BCUT2D eigenvalue weighted by Gasteiger charge is -2.33. The Morgan fingerprint density at radius 2 is 1.91 bits per heavy atom. The van der Waals surface area contributed by atoms with Gasteiger partial charge in [-0.2, -0.15) is 0 Å². The van der Waals surface area contributed by atoms with E-state index in [9.17, 15) is 4.79 Å². The van der Waals surface area contributed by atoms with Crippen LogP contribution in [-0.4, -0.2) is 48.9 Å². The SMILES string of the molecule is CC(Sc1nnc(-c2cccnc2)n1Cc1ccco1)C(=O)N1CCC(Cc2ccccc2)CC1. The summed E-state index contributed by atoms with van der Waals surface area (Å²) in [7, 11) is 0. The van der Waals surface area contributed by atoms with E-state index in [2.05, 4.69) is 45.5 Å². The van der Waals surface area contributed by atoms with Gasteiger partial charge in [-0.25, -0.2) is 0 Å². The molecule has 1 fully saturated rings. The molecule has 5 rings (SSSR count). The molecule has 0 saturated carbocycles. The van der Waals surface area contributed by atoms with Gasteiger partial charge in [-0.3, -0.25) is 14.3 Å². The first kappa shape index (κ1) is 23.4. The molecule has 1 atom stereocenters. The Morgan fingerprint density at radius 1 is 1.09 bits per heavy atom. The molecule has 1 saturated heterocycles. The monoisotopic (exact) mass is 487 g/mol. The molecule has 1 aliphatic heterocycles. The van der Waals surface area contributed by atoms with Crippen molar-refractivity contribution in [1.29, 1.82) is 0 Å². The maximum absolute atomic E-state index is 13.3. The summed E-state index contributed by atoms with van der Waals surface area (Å²) in [6.45, 7) is 4.06. The number of aromatic nitrogens is 4. The summed E-state index contributed by atoms with van der Waals surface area (Å²) in [4.78, 5) is 19.5. The van der Waals surface area contributed by atoms with Crippen molar-refractivity contribution in [2.75, 3.05) is 13.1 Å². The second-order valence-electron chi connectivity index (χ2n) is 8.93. The van der Waals surface area contributed by atoms with Gasteiger partial charge in [0.2, 0.25) is 5.91 Å². The van der Waals surface area contributed by atoms with Crippen LogP contribution in [0.5, 0.6) is 0 Å². The van der Waals surface area contributed by atoms with E-state index in [1.807, 2.05) is 40.7 Å². The molecule has 1 unspecified atom stereocenters. The predicted octanol–water partition coefficient (Wildman–Crippen LogP) is 4.94. The number of piperidine rings is 1. The lowest BCUT2D eigenvalue weighted by atomic mass is 9.90. The quantitative estimate of drug-likeness (QED) is 0.328. The Hall–Kier alpha value is -3.39. The molecule has 7 nitrogen and oxygen atoms in total. The van der Waals surface area contributed by atoms with Crippen LogP contribution in [0.25, 0.3) is 11.4 Å². The molecule has 0 N–H and O–H groups in total. The van der Waals surface area contributed by atoms with E-state index < -0.39 is 0 Å². The van der Waals surface area contributed by atoms with Gasteiger partial charge >= 0.3 is 0 Å². The summed E-state index contributed by atoms with van der Waals surface area (Å²) in [5, 5.41) is 9.29. The summed E-state index contributed by atoms with van der Waals surface area (Å²) in [5.74, 6) is 2.29. The zero-order chi connectivity index (χ0) is 24.0. The maximum atomic E-state index is 13.3. The number of hydrogen-bond acceptors (Lipinski definition) is 6. The fourth-order valence-corrected chi connectivity index (χ4v) is 5.49. The third-order valence-corrected chi connectivity index (χ3v) is 7.52. The average Bonchev–Trinajstić information content (AvgIpc) is 3.56. The van der Waals surface area contributed by atoms with Crippen LogP contribution >= 0.6 is 11.8 Å². The summed E-state index contributed by atoms with van der Waals surface area (Å²) < 4.78 is 7.57. The van der Waals surface area contributed by atoms with Crippen molar-refractivity contribution in [2.24, 2.45) is 5.92 Å². The van der Waals surface area contributed by atoms with Gasteiger partial charge in [0.25, 0.3) is 0 Å². The summed E-state index contributed by atoms with van der Waals surface area (Å²) in [5.41, 5.74) is 2.25. The minimum absolute atomic E-state index is 0.156. The first-order valence-electron chi connectivity index (χ1n) is 12.0. The average molecular weight is 488 g/mol. The molecule has 180 valence electrons. The minimum Gasteiger partial charge on any atom is -0.467 e. The van der Waals surface area contributed by atoms with E-state index in [0.717, 1.165) is 43.7 Å². The number of likely N-dealkylation sites (tertiary alicyclic amines) is 1. The largest absolute Gasteiger partial charge is 0.467 e. The van der Waals surface area contributed by atoms with Gasteiger partial charge in [-0.15, -0.1) is 10.2 Å². The van der Waals surface area contributed by atoms with E-state index in [1.165, 1.54) is 17.3 Å². The highest BCUT2D eigenvalue weighted by molar-refractivity contribution is 8.00. The van der Waals surface area contributed by atoms with Crippen molar-refractivity contribution in [3.8, 4) is 11.4 Å². The van der Waals surface area contributed by atoms with E-state index >= 15 is 0 Å². The predicted molar refractivity (Wildman–Crippen MR) is 136 cm³/mol. The van der Waals surface area contributed by atoms with Gasteiger partial charge in [0, 0.05) is 31.0 Å². The molecule has 0 radical (unpaired) electrons. The highest BCUT2D eigenvalue weighted by Gasteiger charge is 2.28. The normalized spacial score (nSPS) is 15.3. The molecule has 3 aromatic heterocycles. The summed E-state index contributed by atoms with van der Waals surface area (Å²) in [6, 6.07) is 18.2. The zero-order valence-electron chi connectivity index (χ0n) is 19.8. The maximum Gasteiger partial charge on any atom is 0.235 e. The number of hydrogen-bond donors (Lipinski definition) is 0. The van der Waals surface area contributed by atoms with Crippen molar-refractivity contribution >= 4 is 17.7 Å². The van der Waals surface area contributed by atoms with Crippen LogP contribution in [0.2, 0.25) is 0 Å². The molecule has 0 spiro atoms.